The maximum absolute atomic E-state index is 13.1. The van der Waals surface area contributed by atoms with E-state index in [0.717, 1.165) is 11.1 Å². The monoisotopic (exact) mass is 428 g/mol. The quantitative estimate of drug-likeness (QED) is 0.440. The molecule has 0 aromatic heterocycles. The molecule has 9 nitrogen and oxygen atoms in total. The van der Waals surface area contributed by atoms with Gasteiger partial charge in [-0.3, -0.25) is 10.0 Å². The van der Waals surface area contributed by atoms with E-state index in [2.05, 4.69) is 0 Å². The molecule has 0 saturated carbocycles. The molecule has 0 radical (unpaired) electrons. The van der Waals surface area contributed by atoms with Gasteiger partial charge in [0.25, 0.3) is 5.91 Å². The summed E-state index contributed by atoms with van der Waals surface area (Å²) >= 11 is 0. The Labute approximate surface area is 170 Å². The summed E-state index contributed by atoms with van der Waals surface area (Å²) in [6, 6.07) is 7.95. The van der Waals surface area contributed by atoms with Gasteiger partial charge in [-0.05, 0) is 37.3 Å². The third kappa shape index (κ3) is 4.62. The minimum Gasteiger partial charge on any atom is -0.378 e. The SMILES string of the molecule is Cc1ccccc1COC1CCN(S(=O)(=O)C2CCOCC2(O)C(=O)NO)CC1. The van der Waals surface area contributed by atoms with Crippen LogP contribution >= 0.6 is 0 Å². The Balaban J connectivity index is 1.61. The van der Waals surface area contributed by atoms with E-state index in [1.807, 2.05) is 31.2 Å². The van der Waals surface area contributed by atoms with Crippen LogP contribution in [0.15, 0.2) is 24.3 Å². The summed E-state index contributed by atoms with van der Waals surface area (Å²) < 4.78 is 38.6. The molecule has 10 heteroatoms. The number of carbonyl (C=O) groups is 1. The van der Waals surface area contributed by atoms with Crippen LogP contribution in [0.5, 0.6) is 0 Å². The highest BCUT2D eigenvalue weighted by atomic mass is 32.2. The van der Waals surface area contributed by atoms with Crippen molar-refractivity contribution in [2.45, 2.75) is 49.7 Å². The van der Waals surface area contributed by atoms with Gasteiger partial charge in [0.1, 0.15) is 5.25 Å². The van der Waals surface area contributed by atoms with Gasteiger partial charge in [0.15, 0.2) is 5.60 Å². The number of nitrogens with zero attached hydrogens (tertiary/aromatic N) is 1. The zero-order chi connectivity index (χ0) is 21.1. The van der Waals surface area contributed by atoms with Crippen LogP contribution in [0.4, 0.5) is 0 Å². The molecule has 2 atom stereocenters. The normalized spacial score (nSPS) is 26.9. The second-order valence-electron chi connectivity index (χ2n) is 7.58. The molecule has 2 saturated heterocycles. The summed E-state index contributed by atoms with van der Waals surface area (Å²) in [4.78, 5) is 11.9. The van der Waals surface area contributed by atoms with Gasteiger partial charge in [0.05, 0.1) is 19.3 Å². The Bertz CT molecular complexity index is 824. The van der Waals surface area contributed by atoms with E-state index in [1.165, 1.54) is 9.79 Å². The minimum atomic E-state index is -3.97. The number of sulfonamides is 1. The minimum absolute atomic E-state index is 0.0318. The van der Waals surface area contributed by atoms with Crippen molar-refractivity contribution < 1.29 is 33.0 Å². The number of piperidine rings is 1. The number of hydroxylamine groups is 1. The van der Waals surface area contributed by atoms with Crippen LogP contribution < -0.4 is 5.48 Å². The Morgan fingerprint density at radius 2 is 2.00 bits per heavy atom. The van der Waals surface area contributed by atoms with Crippen LogP contribution in [0.3, 0.4) is 0 Å². The van der Waals surface area contributed by atoms with Gasteiger partial charge in [0, 0.05) is 19.7 Å². The number of aliphatic hydroxyl groups is 1. The number of nitrogens with one attached hydrogen (secondary N) is 1. The van der Waals surface area contributed by atoms with E-state index in [9.17, 15) is 18.3 Å². The Hall–Kier alpha value is -1.56. The molecule has 2 aliphatic rings. The molecular formula is C19H28N2O7S. The number of aryl methyl sites for hydroxylation is 1. The lowest BCUT2D eigenvalue weighted by molar-refractivity contribution is -0.161. The maximum atomic E-state index is 13.1. The highest BCUT2D eigenvalue weighted by Crippen LogP contribution is 2.31. The number of carbonyl (C=O) groups excluding carboxylic acids is 1. The number of benzene rings is 1. The molecule has 2 unspecified atom stereocenters. The molecule has 2 fully saturated rings. The zero-order valence-corrected chi connectivity index (χ0v) is 17.2. The number of hydrogen-bond donors (Lipinski definition) is 3. The average Bonchev–Trinajstić information content (AvgIpc) is 2.73. The largest absolute Gasteiger partial charge is 0.378 e. The molecule has 162 valence electrons. The van der Waals surface area contributed by atoms with E-state index in [-0.39, 0.29) is 32.2 Å². The van der Waals surface area contributed by atoms with Crippen LogP contribution in [0.2, 0.25) is 0 Å². The standard InChI is InChI=1S/C19H28N2O7S/c1-14-4-2-3-5-15(14)12-28-16-6-9-21(10-7-16)29(25,26)17-8-11-27-13-19(17,23)18(22)20-24/h2-5,16-17,23-24H,6-13H2,1H3,(H,20,22). The topological polar surface area (TPSA) is 125 Å². The first-order valence-corrected chi connectivity index (χ1v) is 11.2. The van der Waals surface area contributed by atoms with Gasteiger partial charge in [-0.25, -0.2) is 18.2 Å². The summed E-state index contributed by atoms with van der Waals surface area (Å²) in [5.41, 5.74) is 1.27. The first-order valence-electron chi connectivity index (χ1n) is 9.69. The van der Waals surface area contributed by atoms with Crippen molar-refractivity contribution in [2.75, 3.05) is 26.3 Å². The van der Waals surface area contributed by atoms with E-state index in [4.69, 9.17) is 14.7 Å². The summed E-state index contributed by atoms with van der Waals surface area (Å²) in [5, 5.41) is 18.2. The van der Waals surface area contributed by atoms with Crippen molar-refractivity contribution in [3.8, 4) is 0 Å². The molecule has 2 heterocycles. The summed E-state index contributed by atoms with van der Waals surface area (Å²) in [6.45, 7) is 2.61. The molecule has 0 aliphatic carbocycles. The Morgan fingerprint density at radius 1 is 1.31 bits per heavy atom. The summed E-state index contributed by atoms with van der Waals surface area (Å²) in [7, 11) is -3.97. The highest BCUT2D eigenvalue weighted by Gasteiger charge is 2.54. The van der Waals surface area contributed by atoms with Gasteiger partial charge in [-0.1, -0.05) is 24.3 Å². The molecule has 1 aromatic rings. The first-order chi connectivity index (χ1) is 13.8. The zero-order valence-electron chi connectivity index (χ0n) is 16.4. The molecule has 1 aromatic carbocycles. The van der Waals surface area contributed by atoms with Crippen molar-refractivity contribution >= 4 is 15.9 Å². The number of hydrogen-bond acceptors (Lipinski definition) is 7. The van der Waals surface area contributed by atoms with Gasteiger partial charge in [0.2, 0.25) is 10.0 Å². The van der Waals surface area contributed by atoms with Crippen molar-refractivity contribution in [1.29, 1.82) is 0 Å². The fourth-order valence-electron chi connectivity index (χ4n) is 3.87. The molecule has 1 amide bonds. The molecule has 0 spiro atoms. The molecular weight excluding hydrogens is 400 g/mol. The van der Waals surface area contributed by atoms with E-state index in [1.54, 1.807) is 0 Å². The van der Waals surface area contributed by atoms with Crippen LogP contribution in [0, 0.1) is 6.92 Å². The predicted molar refractivity (Wildman–Crippen MR) is 104 cm³/mol. The molecule has 3 N–H and O–H groups in total. The van der Waals surface area contributed by atoms with Crippen LogP contribution in [-0.4, -0.2) is 72.2 Å². The lowest BCUT2D eigenvalue weighted by atomic mass is 9.95. The third-order valence-electron chi connectivity index (χ3n) is 5.73. The number of rotatable bonds is 6. The first kappa shape index (κ1) is 22.1. The Morgan fingerprint density at radius 3 is 2.66 bits per heavy atom. The Kier molecular flexibility index (Phi) is 6.92. The smallest absolute Gasteiger partial charge is 0.279 e. The molecule has 0 bridgehead atoms. The van der Waals surface area contributed by atoms with Gasteiger partial charge in [-0.2, -0.15) is 0 Å². The predicted octanol–water partition coefficient (Wildman–Crippen LogP) is 0.331. The van der Waals surface area contributed by atoms with E-state index < -0.39 is 33.4 Å². The maximum Gasteiger partial charge on any atom is 0.279 e. The van der Waals surface area contributed by atoms with Gasteiger partial charge >= 0.3 is 0 Å². The van der Waals surface area contributed by atoms with Crippen molar-refractivity contribution in [2.24, 2.45) is 0 Å². The van der Waals surface area contributed by atoms with Crippen molar-refractivity contribution in [3.05, 3.63) is 35.4 Å². The van der Waals surface area contributed by atoms with Crippen LogP contribution in [-0.2, 0) is 30.9 Å². The number of amides is 1. The summed E-state index contributed by atoms with van der Waals surface area (Å²) in [6.07, 6.45) is 0.962. The van der Waals surface area contributed by atoms with Crippen LogP contribution in [0.1, 0.15) is 30.4 Å². The van der Waals surface area contributed by atoms with E-state index in [0.29, 0.717) is 19.4 Å². The number of ether oxygens (including phenoxy) is 2. The molecule has 2 aliphatic heterocycles. The molecule has 3 rings (SSSR count). The average molecular weight is 429 g/mol. The fraction of sp³-hybridized carbons (Fsp3) is 0.632. The van der Waals surface area contributed by atoms with Crippen molar-refractivity contribution in [1.82, 2.24) is 9.79 Å². The highest BCUT2D eigenvalue weighted by molar-refractivity contribution is 7.89. The molecule has 29 heavy (non-hydrogen) atoms. The second-order valence-corrected chi connectivity index (χ2v) is 9.69. The third-order valence-corrected chi connectivity index (χ3v) is 8.16. The van der Waals surface area contributed by atoms with Crippen molar-refractivity contribution in [3.63, 3.8) is 0 Å². The second kappa shape index (κ2) is 9.07. The lowest BCUT2D eigenvalue weighted by Gasteiger charge is -2.41. The van der Waals surface area contributed by atoms with E-state index >= 15 is 0 Å². The van der Waals surface area contributed by atoms with Crippen LogP contribution in [0.25, 0.3) is 0 Å². The lowest BCUT2D eigenvalue weighted by Crippen LogP contribution is -2.64. The fourth-order valence-corrected chi connectivity index (χ4v) is 6.01. The van der Waals surface area contributed by atoms with Gasteiger partial charge < -0.3 is 14.6 Å². The summed E-state index contributed by atoms with van der Waals surface area (Å²) in [5.74, 6) is -1.18. The van der Waals surface area contributed by atoms with Gasteiger partial charge in [-0.15, -0.1) is 0 Å².